The highest BCUT2D eigenvalue weighted by atomic mass is 32.2. The molecule has 1 aromatic rings. The molecule has 0 saturated carbocycles. The second-order valence-electron chi connectivity index (χ2n) is 4.96. The molecule has 1 aliphatic heterocycles. The molecule has 1 aliphatic rings. The second-order valence-corrected chi connectivity index (χ2v) is 7.22. The first-order valence-electron chi connectivity index (χ1n) is 6.85. The molecule has 1 saturated heterocycles. The van der Waals surface area contributed by atoms with E-state index < -0.39 is 10.0 Å². The third-order valence-corrected chi connectivity index (χ3v) is 5.23. The van der Waals surface area contributed by atoms with E-state index in [9.17, 15) is 12.8 Å². The fourth-order valence-corrected chi connectivity index (χ4v) is 3.42. The normalized spacial score (nSPS) is 19.6. The van der Waals surface area contributed by atoms with Crippen LogP contribution in [0.1, 0.15) is 25.3 Å². The highest BCUT2D eigenvalue weighted by molar-refractivity contribution is 7.89. The van der Waals surface area contributed by atoms with Gasteiger partial charge in [0.25, 0.3) is 0 Å². The molecular weight excluding hydrogens is 281 g/mol. The number of benzene rings is 1. The molecule has 20 heavy (non-hydrogen) atoms. The minimum Gasteiger partial charge on any atom is -0.377 e. The molecule has 1 aromatic carbocycles. The number of rotatable bonds is 6. The average molecular weight is 301 g/mol. The number of hydrogen-bond acceptors (Lipinski definition) is 3. The Balaban J connectivity index is 2.13. The van der Waals surface area contributed by atoms with Crippen molar-refractivity contribution >= 4 is 10.0 Å². The molecule has 0 amide bonds. The topological polar surface area (TPSA) is 46.6 Å². The van der Waals surface area contributed by atoms with Gasteiger partial charge in [-0.15, -0.1) is 0 Å². The maximum absolute atomic E-state index is 13.2. The lowest BCUT2D eigenvalue weighted by atomic mass is 10.2. The molecule has 1 heterocycles. The Morgan fingerprint density at radius 1 is 1.45 bits per heavy atom. The summed E-state index contributed by atoms with van der Waals surface area (Å²) in [6.45, 7) is 2.83. The van der Waals surface area contributed by atoms with Gasteiger partial charge in [-0.2, -0.15) is 4.31 Å². The minimum atomic E-state index is -3.33. The Morgan fingerprint density at radius 3 is 2.85 bits per heavy atom. The monoisotopic (exact) mass is 301 g/mol. The zero-order valence-corrected chi connectivity index (χ0v) is 12.4. The molecular formula is C14H20FNO3S. The first-order valence-corrected chi connectivity index (χ1v) is 8.46. The molecule has 0 bridgehead atoms. The molecule has 1 unspecified atom stereocenters. The Labute approximate surface area is 119 Å². The maximum Gasteiger partial charge on any atom is 0.214 e. The molecule has 0 spiro atoms. The van der Waals surface area contributed by atoms with Crippen LogP contribution in [-0.4, -0.2) is 37.7 Å². The Morgan fingerprint density at radius 2 is 2.25 bits per heavy atom. The van der Waals surface area contributed by atoms with Gasteiger partial charge in [-0.3, -0.25) is 0 Å². The summed E-state index contributed by atoms with van der Waals surface area (Å²) in [6.07, 6.45) is 1.79. The quantitative estimate of drug-likeness (QED) is 0.809. The van der Waals surface area contributed by atoms with Crippen molar-refractivity contribution in [2.24, 2.45) is 0 Å². The summed E-state index contributed by atoms with van der Waals surface area (Å²) in [5, 5.41) is 0. The number of halogens is 1. The third kappa shape index (κ3) is 4.01. The number of hydrogen-bond donors (Lipinski definition) is 0. The van der Waals surface area contributed by atoms with Gasteiger partial charge in [-0.05, 0) is 37.5 Å². The van der Waals surface area contributed by atoms with E-state index in [-0.39, 0.29) is 24.2 Å². The van der Waals surface area contributed by atoms with Crippen molar-refractivity contribution in [2.75, 3.05) is 18.9 Å². The fraction of sp³-hybridized carbons (Fsp3) is 0.571. The highest BCUT2D eigenvalue weighted by Gasteiger charge is 2.26. The van der Waals surface area contributed by atoms with Crippen molar-refractivity contribution < 1.29 is 17.5 Å². The van der Waals surface area contributed by atoms with Crippen molar-refractivity contribution in [1.82, 2.24) is 4.31 Å². The predicted molar refractivity (Wildman–Crippen MR) is 75.2 cm³/mol. The van der Waals surface area contributed by atoms with Gasteiger partial charge >= 0.3 is 0 Å². The lowest BCUT2D eigenvalue weighted by Gasteiger charge is -2.24. The summed E-state index contributed by atoms with van der Waals surface area (Å²) in [6, 6.07) is 6.04. The van der Waals surface area contributed by atoms with Crippen LogP contribution >= 0.6 is 0 Å². The Bertz CT molecular complexity index is 541. The summed E-state index contributed by atoms with van der Waals surface area (Å²) >= 11 is 0. The SMILES string of the molecule is CCS(=O)(=O)N(Cc1cccc(F)c1)CC1CCCO1. The smallest absolute Gasteiger partial charge is 0.214 e. The van der Waals surface area contributed by atoms with Crippen molar-refractivity contribution in [3.63, 3.8) is 0 Å². The van der Waals surface area contributed by atoms with Crippen molar-refractivity contribution in [3.8, 4) is 0 Å². The van der Waals surface area contributed by atoms with Crippen LogP contribution in [0.2, 0.25) is 0 Å². The van der Waals surface area contributed by atoms with Crippen LogP contribution in [0.4, 0.5) is 4.39 Å². The van der Waals surface area contributed by atoms with Gasteiger partial charge in [0, 0.05) is 19.7 Å². The van der Waals surface area contributed by atoms with Gasteiger partial charge in [-0.25, -0.2) is 12.8 Å². The van der Waals surface area contributed by atoms with Gasteiger partial charge in [0.1, 0.15) is 5.82 Å². The van der Waals surface area contributed by atoms with E-state index in [0.29, 0.717) is 18.7 Å². The van der Waals surface area contributed by atoms with Crippen molar-refractivity contribution in [2.45, 2.75) is 32.4 Å². The molecule has 0 aromatic heterocycles. The van der Waals surface area contributed by atoms with E-state index in [1.54, 1.807) is 19.1 Å². The molecule has 1 fully saturated rings. The van der Waals surface area contributed by atoms with Crippen LogP contribution < -0.4 is 0 Å². The van der Waals surface area contributed by atoms with E-state index in [1.165, 1.54) is 16.4 Å². The molecule has 1 atom stereocenters. The van der Waals surface area contributed by atoms with Crippen LogP contribution in [0.15, 0.2) is 24.3 Å². The Hall–Kier alpha value is -0.980. The summed E-state index contributed by atoms with van der Waals surface area (Å²) in [4.78, 5) is 0. The molecule has 4 nitrogen and oxygen atoms in total. The molecule has 0 aliphatic carbocycles. The number of sulfonamides is 1. The average Bonchev–Trinajstić information content (AvgIpc) is 2.91. The van der Waals surface area contributed by atoms with Crippen LogP contribution in [0.5, 0.6) is 0 Å². The van der Waals surface area contributed by atoms with E-state index in [4.69, 9.17) is 4.74 Å². The lowest BCUT2D eigenvalue weighted by molar-refractivity contribution is 0.0926. The fourth-order valence-electron chi connectivity index (χ4n) is 2.31. The summed E-state index contributed by atoms with van der Waals surface area (Å²) in [5.41, 5.74) is 0.653. The van der Waals surface area contributed by atoms with Gasteiger partial charge in [0.05, 0.1) is 11.9 Å². The van der Waals surface area contributed by atoms with Gasteiger partial charge < -0.3 is 4.74 Å². The summed E-state index contributed by atoms with van der Waals surface area (Å²) in [7, 11) is -3.33. The lowest BCUT2D eigenvalue weighted by Crippen LogP contribution is -2.37. The second kappa shape index (κ2) is 6.65. The third-order valence-electron chi connectivity index (χ3n) is 3.44. The highest BCUT2D eigenvalue weighted by Crippen LogP contribution is 2.18. The van der Waals surface area contributed by atoms with Crippen LogP contribution in [-0.2, 0) is 21.3 Å². The summed E-state index contributed by atoms with van der Waals surface area (Å²) < 4.78 is 44.4. The maximum atomic E-state index is 13.2. The van der Waals surface area contributed by atoms with Crippen LogP contribution in [0.3, 0.4) is 0 Å². The first kappa shape index (κ1) is 15.4. The van der Waals surface area contributed by atoms with Crippen LogP contribution in [0.25, 0.3) is 0 Å². The molecule has 2 rings (SSSR count). The van der Waals surface area contributed by atoms with Gasteiger partial charge in [0.15, 0.2) is 0 Å². The van der Waals surface area contributed by atoms with E-state index >= 15 is 0 Å². The van der Waals surface area contributed by atoms with Crippen molar-refractivity contribution in [1.29, 1.82) is 0 Å². The molecule has 112 valence electrons. The molecule has 6 heteroatoms. The van der Waals surface area contributed by atoms with Gasteiger partial charge in [0.2, 0.25) is 10.0 Å². The van der Waals surface area contributed by atoms with Crippen molar-refractivity contribution in [3.05, 3.63) is 35.6 Å². The number of ether oxygens (including phenoxy) is 1. The first-order chi connectivity index (χ1) is 9.51. The number of nitrogens with zero attached hydrogens (tertiary/aromatic N) is 1. The molecule has 0 N–H and O–H groups in total. The Kier molecular flexibility index (Phi) is 5.12. The largest absolute Gasteiger partial charge is 0.377 e. The van der Waals surface area contributed by atoms with E-state index in [1.807, 2.05) is 0 Å². The van der Waals surface area contributed by atoms with Gasteiger partial charge in [-0.1, -0.05) is 12.1 Å². The zero-order valence-electron chi connectivity index (χ0n) is 11.6. The van der Waals surface area contributed by atoms with E-state index in [0.717, 1.165) is 12.8 Å². The minimum absolute atomic E-state index is 0.0367. The zero-order chi connectivity index (χ0) is 14.6. The van der Waals surface area contributed by atoms with Crippen LogP contribution in [0, 0.1) is 5.82 Å². The standard InChI is InChI=1S/C14H20FNO3S/c1-2-20(17,18)16(11-14-7-4-8-19-14)10-12-5-3-6-13(15)9-12/h3,5-6,9,14H,2,4,7-8,10-11H2,1H3. The predicted octanol–water partition coefficient (Wildman–Crippen LogP) is 2.16. The summed E-state index contributed by atoms with van der Waals surface area (Å²) in [5.74, 6) is -0.317. The molecule has 0 radical (unpaired) electrons. The van der Waals surface area contributed by atoms with E-state index in [2.05, 4.69) is 0 Å².